The molecule has 0 aliphatic rings. The smallest absolute Gasteiger partial charge is 0.185 e. The van der Waals surface area contributed by atoms with Gasteiger partial charge in [0.25, 0.3) is 0 Å². The van der Waals surface area contributed by atoms with E-state index in [1.165, 1.54) is 0 Å². The average molecular weight is 603 g/mol. The van der Waals surface area contributed by atoms with E-state index in [0.29, 0.717) is 24.7 Å². The number of pyridine rings is 2. The number of ether oxygens (including phenoxy) is 1. The molecule has 4 aromatic heterocycles. The van der Waals surface area contributed by atoms with Gasteiger partial charge in [-0.15, -0.1) is 5.10 Å². The predicted molar refractivity (Wildman–Crippen MR) is 174 cm³/mol. The molecule has 0 saturated carbocycles. The first-order valence-corrected chi connectivity index (χ1v) is 15.5. The quantitative estimate of drug-likeness (QED) is 0.167. The summed E-state index contributed by atoms with van der Waals surface area (Å²) >= 11 is 0. The number of aliphatic hydroxyl groups excluding tert-OH is 1. The van der Waals surface area contributed by atoms with Gasteiger partial charge in [0.15, 0.2) is 17.7 Å². The SMILES string of the molecule is CCCCc1nc2c(C)c(-c3ccccn3)c(CO)nc2n1Cc1ccc(-c2ccccc2-c2nnnn2C(C)OCC)cc1. The highest BCUT2D eigenvalue weighted by Crippen LogP contribution is 2.34. The Kier molecular flexibility index (Phi) is 9.04. The Labute approximate surface area is 262 Å². The number of aliphatic hydroxyl groups is 1. The molecule has 1 atom stereocenters. The van der Waals surface area contributed by atoms with Crippen LogP contribution >= 0.6 is 0 Å². The molecule has 2 aromatic carbocycles. The van der Waals surface area contributed by atoms with Crippen molar-refractivity contribution < 1.29 is 9.84 Å². The molecule has 0 saturated heterocycles. The number of rotatable bonds is 12. The highest BCUT2D eigenvalue weighted by molar-refractivity contribution is 5.85. The summed E-state index contributed by atoms with van der Waals surface area (Å²) in [5, 5.41) is 22.8. The van der Waals surface area contributed by atoms with Crippen LogP contribution in [0.3, 0.4) is 0 Å². The molecule has 0 fully saturated rings. The van der Waals surface area contributed by atoms with Crippen molar-refractivity contribution in [1.82, 2.24) is 39.7 Å². The van der Waals surface area contributed by atoms with E-state index in [0.717, 1.165) is 75.3 Å². The fourth-order valence-electron chi connectivity index (χ4n) is 5.86. The summed E-state index contributed by atoms with van der Waals surface area (Å²) < 4.78 is 9.68. The topological polar surface area (TPSA) is 117 Å². The number of aryl methyl sites for hydroxylation is 2. The van der Waals surface area contributed by atoms with Crippen LogP contribution in [0.5, 0.6) is 0 Å². The molecule has 0 aliphatic carbocycles. The van der Waals surface area contributed by atoms with Crippen LogP contribution in [0.2, 0.25) is 0 Å². The van der Waals surface area contributed by atoms with Crippen LogP contribution in [0, 0.1) is 6.92 Å². The normalized spacial score (nSPS) is 12.2. The van der Waals surface area contributed by atoms with Crippen molar-refractivity contribution in [2.24, 2.45) is 0 Å². The molecule has 45 heavy (non-hydrogen) atoms. The first-order valence-electron chi connectivity index (χ1n) is 15.5. The molecule has 230 valence electrons. The Morgan fingerprint density at radius 3 is 2.42 bits per heavy atom. The molecule has 10 nitrogen and oxygen atoms in total. The van der Waals surface area contributed by atoms with Crippen molar-refractivity contribution in [3.05, 3.63) is 95.6 Å². The number of imidazole rings is 1. The van der Waals surface area contributed by atoms with Crippen LogP contribution < -0.4 is 0 Å². The van der Waals surface area contributed by atoms with Crippen molar-refractivity contribution in [3.63, 3.8) is 0 Å². The minimum Gasteiger partial charge on any atom is -0.390 e. The summed E-state index contributed by atoms with van der Waals surface area (Å²) in [6, 6.07) is 22.5. The summed E-state index contributed by atoms with van der Waals surface area (Å²) in [6.45, 7) is 9.13. The average Bonchev–Trinajstić information content (AvgIpc) is 3.70. The summed E-state index contributed by atoms with van der Waals surface area (Å²) in [4.78, 5) is 14.6. The minimum absolute atomic E-state index is 0.182. The van der Waals surface area contributed by atoms with E-state index in [2.05, 4.69) is 62.3 Å². The second kappa shape index (κ2) is 13.5. The fourth-order valence-corrected chi connectivity index (χ4v) is 5.86. The van der Waals surface area contributed by atoms with Crippen LogP contribution in [0.15, 0.2) is 72.9 Å². The Balaban J connectivity index is 1.37. The molecular weight excluding hydrogens is 564 g/mol. The third-order valence-corrected chi connectivity index (χ3v) is 8.12. The molecule has 0 bridgehead atoms. The second-order valence-electron chi connectivity index (χ2n) is 11.1. The third-order valence-electron chi connectivity index (χ3n) is 8.12. The van der Waals surface area contributed by atoms with E-state index in [9.17, 15) is 5.11 Å². The lowest BCUT2D eigenvalue weighted by Crippen LogP contribution is -2.12. The number of tetrazole rings is 1. The van der Waals surface area contributed by atoms with Crippen LogP contribution in [-0.4, -0.2) is 51.4 Å². The van der Waals surface area contributed by atoms with Gasteiger partial charge in [0, 0.05) is 30.4 Å². The minimum atomic E-state index is -0.286. The van der Waals surface area contributed by atoms with Gasteiger partial charge in [-0.25, -0.2) is 9.97 Å². The first-order chi connectivity index (χ1) is 22.0. The summed E-state index contributed by atoms with van der Waals surface area (Å²) in [7, 11) is 0. The van der Waals surface area contributed by atoms with Crippen molar-refractivity contribution in [2.45, 2.75) is 66.3 Å². The number of aromatic nitrogens is 8. The van der Waals surface area contributed by atoms with Crippen LogP contribution in [0.4, 0.5) is 0 Å². The Morgan fingerprint density at radius 1 is 0.933 bits per heavy atom. The molecule has 10 heteroatoms. The van der Waals surface area contributed by atoms with Gasteiger partial charge in [0.05, 0.1) is 24.5 Å². The van der Waals surface area contributed by atoms with Crippen LogP contribution in [0.25, 0.3) is 44.9 Å². The third kappa shape index (κ3) is 5.99. The fraction of sp³-hybridized carbons (Fsp3) is 0.314. The van der Waals surface area contributed by atoms with Gasteiger partial charge in [-0.3, -0.25) is 4.98 Å². The van der Waals surface area contributed by atoms with Crippen molar-refractivity contribution in [2.75, 3.05) is 6.61 Å². The number of hydrogen-bond acceptors (Lipinski definition) is 8. The lowest BCUT2D eigenvalue weighted by atomic mass is 9.98. The van der Waals surface area contributed by atoms with E-state index in [-0.39, 0.29) is 12.8 Å². The molecule has 0 radical (unpaired) electrons. The maximum absolute atomic E-state index is 10.4. The van der Waals surface area contributed by atoms with Crippen LogP contribution in [-0.2, 0) is 24.3 Å². The summed E-state index contributed by atoms with van der Waals surface area (Å²) in [6.07, 6.45) is 4.42. The molecule has 6 aromatic rings. The van der Waals surface area contributed by atoms with Gasteiger partial charge < -0.3 is 14.4 Å². The van der Waals surface area contributed by atoms with E-state index in [1.54, 1.807) is 10.9 Å². The van der Waals surface area contributed by atoms with Gasteiger partial charge in [0.2, 0.25) is 0 Å². The van der Waals surface area contributed by atoms with Crippen molar-refractivity contribution in [1.29, 1.82) is 0 Å². The van der Waals surface area contributed by atoms with E-state index in [1.807, 2.05) is 57.2 Å². The lowest BCUT2D eigenvalue weighted by Gasteiger charge is -2.15. The predicted octanol–water partition coefficient (Wildman–Crippen LogP) is 6.56. The van der Waals surface area contributed by atoms with E-state index >= 15 is 0 Å². The largest absolute Gasteiger partial charge is 0.390 e. The van der Waals surface area contributed by atoms with Crippen molar-refractivity contribution in [3.8, 4) is 33.8 Å². The maximum Gasteiger partial charge on any atom is 0.185 e. The van der Waals surface area contributed by atoms with Gasteiger partial charge in [0.1, 0.15) is 11.3 Å². The van der Waals surface area contributed by atoms with Crippen molar-refractivity contribution >= 4 is 11.2 Å². The summed E-state index contributed by atoms with van der Waals surface area (Å²) in [5.41, 5.74) is 9.01. The van der Waals surface area contributed by atoms with Crippen LogP contribution in [0.1, 0.15) is 62.5 Å². The zero-order valence-corrected chi connectivity index (χ0v) is 26.2. The lowest BCUT2D eigenvalue weighted by molar-refractivity contribution is 0.0159. The number of nitrogens with zero attached hydrogens (tertiary/aromatic N) is 8. The molecule has 1 unspecified atom stereocenters. The second-order valence-corrected chi connectivity index (χ2v) is 11.1. The van der Waals surface area contributed by atoms with Gasteiger partial charge in [-0.05, 0) is 72.0 Å². The number of fused-ring (bicyclic) bond motifs is 1. The highest BCUT2D eigenvalue weighted by atomic mass is 16.5. The number of benzene rings is 2. The maximum atomic E-state index is 10.4. The number of unbranched alkanes of at least 4 members (excludes halogenated alkanes) is 1. The zero-order valence-electron chi connectivity index (χ0n) is 26.2. The first kappa shape index (κ1) is 30.2. The molecule has 0 amide bonds. The monoisotopic (exact) mass is 602 g/mol. The molecule has 4 heterocycles. The summed E-state index contributed by atoms with van der Waals surface area (Å²) in [5.74, 6) is 1.65. The Bertz CT molecular complexity index is 1900. The number of hydrogen-bond donors (Lipinski definition) is 1. The van der Waals surface area contributed by atoms with Gasteiger partial charge in [-0.2, -0.15) is 4.68 Å². The standard InChI is InChI=1S/C35H38N8O2/c1-5-7-15-31-38-33-23(3)32(29-14-10-11-20-36-29)30(22-44)37-35(33)42(31)21-25-16-18-26(19-17-25)27-12-8-9-13-28(27)34-39-40-41-43(34)24(4)45-6-2/h8-14,16-20,24,44H,5-7,15,21-22H2,1-4H3. The zero-order chi connectivity index (χ0) is 31.3. The van der Waals surface area contributed by atoms with Gasteiger partial charge >= 0.3 is 0 Å². The Morgan fingerprint density at radius 2 is 1.71 bits per heavy atom. The molecule has 0 aliphatic heterocycles. The van der Waals surface area contributed by atoms with E-state index in [4.69, 9.17) is 14.7 Å². The Hall–Kier alpha value is -4.80. The molecule has 6 rings (SSSR count). The molecule has 1 N–H and O–H groups in total. The molecule has 0 spiro atoms. The highest BCUT2D eigenvalue weighted by Gasteiger charge is 2.22. The van der Waals surface area contributed by atoms with E-state index < -0.39 is 0 Å². The molecular formula is C35H38N8O2. The van der Waals surface area contributed by atoms with Gasteiger partial charge in [-0.1, -0.05) is 67.9 Å².